The van der Waals surface area contributed by atoms with Gasteiger partial charge in [-0.1, -0.05) is 11.6 Å². The molecule has 1 atom stereocenters. The predicted octanol–water partition coefficient (Wildman–Crippen LogP) is 0.850. The highest BCUT2D eigenvalue weighted by Gasteiger charge is 2.30. The number of nitrogens with two attached hydrogens (primary N) is 1. The van der Waals surface area contributed by atoms with Gasteiger partial charge in [-0.2, -0.15) is 0 Å². The molecule has 2 aliphatic rings. The summed E-state index contributed by atoms with van der Waals surface area (Å²) in [6.07, 6.45) is 2.27. The molecule has 1 aliphatic heterocycles. The van der Waals surface area contributed by atoms with Gasteiger partial charge in [0.2, 0.25) is 15.9 Å². The van der Waals surface area contributed by atoms with E-state index in [0.717, 1.165) is 12.8 Å². The number of rotatable bonds is 5. The third-order valence-electron chi connectivity index (χ3n) is 3.81. The third-order valence-corrected chi connectivity index (χ3v) is 5.70. The lowest BCUT2D eigenvalue weighted by Crippen LogP contribution is -2.38. The maximum absolute atomic E-state index is 12.3. The molecule has 0 bridgehead atoms. The summed E-state index contributed by atoms with van der Waals surface area (Å²) in [5, 5.41) is 2.72. The zero-order valence-corrected chi connectivity index (χ0v) is 12.8. The molecule has 1 saturated carbocycles. The van der Waals surface area contributed by atoms with E-state index in [-0.39, 0.29) is 34.8 Å². The highest BCUT2D eigenvalue weighted by atomic mass is 35.5. The molecular weight excluding hydrogens is 314 g/mol. The van der Waals surface area contributed by atoms with Crippen molar-refractivity contribution in [1.82, 2.24) is 4.72 Å². The van der Waals surface area contributed by atoms with Gasteiger partial charge >= 0.3 is 0 Å². The Hall–Kier alpha value is -1.15. The van der Waals surface area contributed by atoms with Crippen LogP contribution in [0.3, 0.4) is 0 Å². The largest absolute Gasteiger partial charge is 0.326 e. The molecule has 6 nitrogen and oxygen atoms in total. The second-order valence-electron chi connectivity index (χ2n) is 5.52. The lowest BCUT2D eigenvalue weighted by atomic mass is 10.2. The number of benzene rings is 1. The molecular formula is C13H16ClN3O3S. The minimum absolute atomic E-state index is 0.0117. The van der Waals surface area contributed by atoms with Crippen LogP contribution < -0.4 is 15.8 Å². The van der Waals surface area contributed by atoms with E-state index in [1.807, 2.05) is 0 Å². The Labute approximate surface area is 128 Å². The summed E-state index contributed by atoms with van der Waals surface area (Å²) in [5.74, 6) is 0.240. The normalized spacial score (nSPS) is 19.2. The molecule has 4 N–H and O–H groups in total. The van der Waals surface area contributed by atoms with E-state index in [1.165, 1.54) is 12.1 Å². The van der Waals surface area contributed by atoms with E-state index < -0.39 is 10.0 Å². The third kappa shape index (κ3) is 3.06. The number of carbonyl (C=O) groups is 1. The summed E-state index contributed by atoms with van der Waals surface area (Å²) in [6.45, 7) is 0.192. The number of hydrogen-bond acceptors (Lipinski definition) is 4. The molecule has 8 heteroatoms. The van der Waals surface area contributed by atoms with Crippen molar-refractivity contribution in [2.75, 3.05) is 11.9 Å². The summed E-state index contributed by atoms with van der Waals surface area (Å²) in [6, 6.07) is 2.74. The maximum Gasteiger partial charge on any atom is 0.242 e. The quantitative estimate of drug-likeness (QED) is 0.745. The number of hydrogen-bond donors (Lipinski definition) is 3. The first-order valence-corrected chi connectivity index (χ1v) is 8.60. The first kappa shape index (κ1) is 14.8. The Morgan fingerprint density at radius 3 is 2.81 bits per heavy atom. The van der Waals surface area contributed by atoms with Gasteiger partial charge in [0.1, 0.15) is 4.90 Å². The number of anilines is 1. The molecule has 1 fully saturated rings. The minimum atomic E-state index is -3.73. The topological polar surface area (TPSA) is 101 Å². The van der Waals surface area contributed by atoms with Crippen LogP contribution in [0.5, 0.6) is 0 Å². The van der Waals surface area contributed by atoms with Gasteiger partial charge in [0.15, 0.2) is 0 Å². The van der Waals surface area contributed by atoms with Crippen LogP contribution >= 0.6 is 11.6 Å². The van der Waals surface area contributed by atoms with Crippen molar-refractivity contribution in [3.8, 4) is 0 Å². The van der Waals surface area contributed by atoms with Gasteiger partial charge in [-0.05, 0) is 36.5 Å². The van der Waals surface area contributed by atoms with Gasteiger partial charge in [0, 0.05) is 18.3 Å². The summed E-state index contributed by atoms with van der Waals surface area (Å²) >= 11 is 6.03. The van der Waals surface area contributed by atoms with Gasteiger partial charge in [-0.15, -0.1) is 0 Å². The number of nitrogens with one attached hydrogen (secondary N) is 2. The number of sulfonamides is 1. The van der Waals surface area contributed by atoms with Crippen LogP contribution in [0.25, 0.3) is 0 Å². The van der Waals surface area contributed by atoms with Gasteiger partial charge in [-0.3, -0.25) is 4.79 Å². The fourth-order valence-electron chi connectivity index (χ4n) is 2.41. The Bertz CT molecular complexity index is 701. The van der Waals surface area contributed by atoms with E-state index in [4.69, 9.17) is 17.3 Å². The molecule has 0 radical (unpaired) electrons. The van der Waals surface area contributed by atoms with Crippen molar-refractivity contribution in [2.24, 2.45) is 11.7 Å². The van der Waals surface area contributed by atoms with Crippen molar-refractivity contribution in [1.29, 1.82) is 0 Å². The lowest BCUT2D eigenvalue weighted by molar-refractivity contribution is -0.115. The molecule has 1 heterocycles. The van der Waals surface area contributed by atoms with Crippen LogP contribution in [0.1, 0.15) is 18.4 Å². The Morgan fingerprint density at radius 1 is 1.43 bits per heavy atom. The zero-order valence-electron chi connectivity index (χ0n) is 11.2. The molecule has 1 amide bonds. The smallest absolute Gasteiger partial charge is 0.242 e. The van der Waals surface area contributed by atoms with Crippen LogP contribution in [-0.4, -0.2) is 26.9 Å². The molecule has 21 heavy (non-hydrogen) atoms. The van der Waals surface area contributed by atoms with Crippen molar-refractivity contribution in [3.05, 3.63) is 22.7 Å². The SMILES string of the molecule is NC(CNS(=O)(=O)c1cc2c(cc1Cl)NC(=O)C2)C1CC1. The monoisotopic (exact) mass is 329 g/mol. The standard InChI is InChI=1S/C13H16ClN3O3S/c14-9-5-11-8(4-13(18)17-11)3-12(9)21(19,20)16-6-10(15)7-1-2-7/h3,5,7,10,16H,1-2,4,6,15H2,(H,17,18). The average molecular weight is 330 g/mol. The highest BCUT2D eigenvalue weighted by Crippen LogP contribution is 2.33. The molecule has 1 unspecified atom stereocenters. The summed E-state index contributed by atoms with van der Waals surface area (Å²) in [5.41, 5.74) is 7.10. The maximum atomic E-state index is 12.3. The number of fused-ring (bicyclic) bond motifs is 1. The van der Waals surface area contributed by atoms with Crippen LogP contribution in [-0.2, 0) is 21.2 Å². The van der Waals surface area contributed by atoms with Crippen LogP contribution in [0.15, 0.2) is 17.0 Å². The molecule has 1 aliphatic carbocycles. The van der Waals surface area contributed by atoms with Gasteiger partial charge in [-0.25, -0.2) is 13.1 Å². The van der Waals surface area contributed by atoms with Crippen molar-refractivity contribution >= 4 is 33.2 Å². The van der Waals surface area contributed by atoms with E-state index in [0.29, 0.717) is 17.2 Å². The second-order valence-corrected chi connectivity index (χ2v) is 7.66. The summed E-state index contributed by atoms with van der Waals surface area (Å²) in [4.78, 5) is 11.3. The number of halogens is 1. The molecule has 0 spiro atoms. The fourth-order valence-corrected chi connectivity index (χ4v) is 4.05. The number of carbonyl (C=O) groups excluding carboxylic acids is 1. The minimum Gasteiger partial charge on any atom is -0.326 e. The second kappa shape index (κ2) is 5.24. The first-order valence-electron chi connectivity index (χ1n) is 6.74. The Balaban J connectivity index is 1.81. The molecule has 0 aromatic heterocycles. The molecule has 0 saturated heterocycles. The van der Waals surface area contributed by atoms with E-state index in [9.17, 15) is 13.2 Å². The van der Waals surface area contributed by atoms with E-state index in [1.54, 1.807) is 0 Å². The molecule has 3 rings (SSSR count). The van der Waals surface area contributed by atoms with E-state index >= 15 is 0 Å². The average Bonchev–Trinajstić information content (AvgIpc) is 3.18. The Morgan fingerprint density at radius 2 is 2.14 bits per heavy atom. The van der Waals surface area contributed by atoms with Gasteiger partial charge in [0.05, 0.1) is 11.4 Å². The highest BCUT2D eigenvalue weighted by molar-refractivity contribution is 7.89. The van der Waals surface area contributed by atoms with Crippen LogP contribution in [0, 0.1) is 5.92 Å². The zero-order chi connectivity index (χ0) is 15.2. The van der Waals surface area contributed by atoms with Crippen molar-refractivity contribution < 1.29 is 13.2 Å². The molecule has 1 aromatic carbocycles. The number of amides is 1. The lowest BCUT2D eigenvalue weighted by Gasteiger charge is -2.13. The predicted molar refractivity (Wildman–Crippen MR) is 79.7 cm³/mol. The van der Waals surface area contributed by atoms with Crippen LogP contribution in [0.4, 0.5) is 5.69 Å². The molecule has 1 aromatic rings. The summed E-state index contributed by atoms with van der Waals surface area (Å²) < 4.78 is 27.1. The Kier molecular flexibility index (Phi) is 3.69. The fraction of sp³-hybridized carbons (Fsp3) is 0.462. The first-order chi connectivity index (χ1) is 9.87. The van der Waals surface area contributed by atoms with Crippen molar-refractivity contribution in [2.45, 2.75) is 30.2 Å². The van der Waals surface area contributed by atoms with Gasteiger partial charge < -0.3 is 11.1 Å². The van der Waals surface area contributed by atoms with Gasteiger partial charge in [0.25, 0.3) is 0 Å². The molecule has 114 valence electrons. The van der Waals surface area contributed by atoms with Crippen molar-refractivity contribution in [3.63, 3.8) is 0 Å². The van der Waals surface area contributed by atoms with Crippen LogP contribution in [0.2, 0.25) is 5.02 Å². The summed E-state index contributed by atoms with van der Waals surface area (Å²) in [7, 11) is -3.73. The van der Waals surface area contributed by atoms with E-state index in [2.05, 4.69) is 10.0 Å².